The Kier molecular flexibility index (Phi) is 15.1. The van der Waals surface area contributed by atoms with Crippen LogP contribution in [0.25, 0.3) is 10.9 Å². The molecule has 354 valence electrons. The van der Waals surface area contributed by atoms with Crippen molar-refractivity contribution in [1.82, 2.24) is 30.3 Å². The van der Waals surface area contributed by atoms with Crippen LogP contribution in [0.4, 0.5) is 4.79 Å². The molecule has 68 heavy (non-hydrogen) atoms. The summed E-state index contributed by atoms with van der Waals surface area (Å²) in [5, 5.41) is 28.1. The van der Waals surface area contributed by atoms with E-state index in [9.17, 15) is 24.6 Å². The Balaban J connectivity index is 0.673. The first-order chi connectivity index (χ1) is 33.2. The monoisotopic (exact) mass is 920 g/mol. The van der Waals surface area contributed by atoms with Gasteiger partial charge in [0.2, 0.25) is 5.56 Å². The number of amides is 1. The number of piperazine rings is 1. The summed E-state index contributed by atoms with van der Waals surface area (Å²) >= 11 is 0. The lowest BCUT2D eigenvalue weighted by Crippen LogP contribution is -2.52. The summed E-state index contributed by atoms with van der Waals surface area (Å²) in [4.78, 5) is 47.7. The van der Waals surface area contributed by atoms with Gasteiger partial charge < -0.3 is 40.0 Å². The fourth-order valence-electron chi connectivity index (χ4n) is 9.58. The predicted molar refractivity (Wildman–Crippen MR) is 259 cm³/mol. The number of piperidine rings is 3. The molecule has 0 spiro atoms. The molecule has 5 heterocycles. The maximum absolute atomic E-state index is 13.3. The molecule has 4 saturated heterocycles. The fourth-order valence-corrected chi connectivity index (χ4v) is 9.58. The van der Waals surface area contributed by atoms with E-state index >= 15 is 0 Å². The van der Waals surface area contributed by atoms with E-state index in [4.69, 9.17) is 14.2 Å². The van der Waals surface area contributed by atoms with E-state index < -0.39 is 18.2 Å². The van der Waals surface area contributed by atoms with Crippen LogP contribution in [-0.4, -0.2) is 114 Å². The van der Waals surface area contributed by atoms with E-state index in [0.29, 0.717) is 66.5 Å². The molecule has 2 bridgehead atoms. The molecule has 1 aromatic heterocycles. The van der Waals surface area contributed by atoms with Crippen LogP contribution in [0.15, 0.2) is 132 Å². The molecule has 5 aromatic carbocycles. The summed E-state index contributed by atoms with van der Waals surface area (Å²) in [6.45, 7) is 9.61. The highest BCUT2D eigenvalue weighted by atomic mass is 16.6. The highest BCUT2D eigenvalue weighted by molar-refractivity contribution is 5.89. The molecule has 10 rings (SSSR count). The quantitative estimate of drug-likeness (QED) is 0.0594. The van der Waals surface area contributed by atoms with Crippen LogP contribution < -0.4 is 20.9 Å². The first kappa shape index (κ1) is 46.6. The standard InChI is InChI=1S/C54H60N6O8/c61-47-19-17-45(46-18-20-50(63)56-52(46)47)48(62)33-55-32-37-9-11-38(12-10-37)34-60-27-25-58(26-28-60)29-30-66-53(64)42-15-13-39(14-16-42)36-67-44-8-4-7-43(31-44)51(41-5-2-1-3-6-41)57-54(65)68-49-35-59-23-21-40(49)22-24-59/h1-20,31,40,48-49,51,55,61-62H,21-30,32-36H2,(H,56,63)(H,57,65)/t48?,49?,51-/m0/s1. The average molecular weight is 921 g/mol. The van der Waals surface area contributed by atoms with Crippen molar-refractivity contribution >= 4 is 23.0 Å². The maximum Gasteiger partial charge on any atom is 0.408 e. The number of carbonyl (C=O) groups is 2. The van der Waals surface area contributed by atoms with Gasteiger partial charge in [-0.3, -0.25) is 19.5 Å². The van der Waals surface area contributed by atoms with Gasteiger partial charge in [-0.05, 0) is 102 Å². The highest BCUT2D eigenvalue weighted by Crippen LogP contribution is 2.32. The van der Waals surface area contributed by atoms with Gasteiger partial charge in [0.15, 0.2) is 0 Å². The molecule has 5 N–H and O–H groups in total. The molecule has 0 saturated carbocycles. The van der Waals surface area contributed by atoms with E-state index in [1.165, 1.54) is 17.7 Å². The van der Waals surface area contributed by atoms with Gasteiger partial charge in [-0.2, -0.15) is 0 Å². The number of rotatable bonds is 18. The highest BCUT2D eigenvalue weighted by Gasteiger charge is 2.37. The van der Waals surface area contributed by atoms with Crippen molar-refractivity contribution in [3.63, 3.8) is 0 Å². The molecular weight excluding hydrogens is 861 g/mol. The Bertz CT molecular complexity index is 2680. The van der Waals surface area contributed by atoms with E-state index in [1.807, 2.05) is 66.7 Å². The summed E-state index contributed by atoms with van der Waals surface area (Å²) in [6, 6.07) is 39.2. The smallest absolute Gasteiger partial charge is 0.408 e. The number of esters is 1. The van der Waals surface area contributed by atoms with Crippen molar-refractivity contribution in [2.45, 2.75) is 50.8 Å². The van der Waals surface area contributed by atoms with E-state index in [0.717, 1.165) is 87.5 Å². The van der Waals surface area contributed by atoms with Gasteiger partial charge in [-0.25, -0.2) is 9.59 Å². The van der Waals surface area contributed by atoms with Crippen molar-refractivity contribution in [2.75, 3.05) is 65.5 Å². The number of hydrogen-bond acceptors (Lipinski definition) is 12. The minimum absolute atomic E-state index is 0.0333. The number of phenols is 1. The number of nitrogens with one attached hydrogen (secondary N) is 3. The Morgan fingerprint density at radius 1 is 0.765 bits per heavy atom. The second kappa shape index (κ2) is 22.0. The van der Waals surface area contributed by atoms with Gasteiger partial charge in [0.1, 0.15) is 30.8 Å². The van der Waals surface area contributed by atoms with Crippen LogP contribution in [0.5, 0.6) is 11.5 Å². The zero-order valence-electron chi connectivity index (χ0n) is 38.2. The first-order valence-corrected chi connectivity index (χ1v) is 23.7. The summed E-state index contributed by atoms with van der Waals surface area (Å²) in [6.07, 6.45) is 0.824. The Morgan fingerprint density at radius 3 is 2.24 bits per heavy atom. The topological polar surface area (TPSA) is 169 Å². The van der Waals surface area contributed by atoms with Crippen LogP contribution in [0.1, 0.15) is 68.7 Å². The summed E-state index contributed by atoms with van der Waals surface area (Å²) in [7, 11) is 0. The summed E-state index contributed by atoms with van der Waals surface area (Å²) in [5.41, 5.74) is 6.19. The van der Waals surface area contributed by atoms with Crippen molar-refractivity contribution < 1.29 is 34.0 Å². The number of aliphatic hydroxyl groups excluding tert-OH is 1. The molecule has 4 aliphatic heterocycles. The number of H-pyrrole nitrogens is 1. The molecule has 14 heteroatoms. The Labute approximate surface area is 396 Å². The second-order valence-corrected chi connectivity index (χ2v) is 18.1. The zero-order valence-corrected chi connectivity index (χ0v) is 38.2. The number of hydrogen-bond donors (Lipinski definition) is 5. The van der Waals surface area contributed by atoms with Crippen LogP contribution in [0.3, 0.4) is 0 Å². The van der Waals surface area contributed by atoms with Crippen molar-refractivity contribution in [2.24, 2.45) is 5.92 Å². The van der Waals surface area contributed by atoms with E-state index in [-0.39, 0.29) is 23.4 Å². The molecule has 14 nitrogen and oxygen atoms in total. The third-order valence-corrected chi connectivity index (χ3v) is 13.5. The van der Waals surface area contributed by atoms with Gasteiger partial charge in [-0.1, -0.05) is 84.9 Å². The molecule has 3 atom stereocenters. The lowest BCUT2D eigenvalue weighted by molar-refractivity contribution is -0.0336. The third kappa shape index (κ3) is 11.9. The number of benzene rings is 5. The molecule has 0 radical (unpaired) electrons. The number of ether oxygens (including phenoxy) is 3. The van der Waals surface area contributed by atoms with Crippen LogP contribution in [-0.2, 0) is 29.2 Å². The number of nitrogens with zero attached hydrogens (tertiary/aromatic N) is 3. The van der Waals surface area contributed by atoms with Crippen molar-refractivity contribution in [3.05, 3.63) is 177 Å². The molecular formula is C54H60N6O8. The van der Waals surface area contributed by atoms with E-state index in [2.05, 4.69) is 54.6 Å². The number of carbonyl (C=O) groups excluding carboxylic acids is 2. The number of aromatic amines is 1. The van der Waals surface area contributed by atoms with E-state index in [1.54, 1.807) is 24.3 Å². The number of aliphatic hydroxyl groups is 1. The number of phenolic OH excluding ortho intramolecular Hbond substituents is 1. The van der Waals surface area contributed by atoms with Crippen LogP contribution in [0.2, 0.25) is 0 Å². The average Bonchev–Trinajstić information content (AvgIpc) is 3.37. The van der Waals surface area contributed by atoms with Crippen LogP contribution >= 0.6 is 0 Å². The van der Waals surface area contributed by atoms with Gasteiger partial charge >= 0.3 is 12.1 Å². The normalized spacial score (nSPS) is 19.3. The first-order valence-electron chi connectivity index (χ1n) is 23.7. The largest absolute Gasteiger partial charge is 0.506 e. The van der Waals surface area contributed by atoms with Crippen molar-refractivity contribution in [3.8, 4) is 11.5 Å². The predicted octanol–water partition coefficient (Wildman–Crippen LogP) is 6.52. The SMILES string of the molecule is O=C(N[C@@H](c1ccccc1)c1cccc(OCc2ccc(C(=O)OCCN3CCN(Cc4ccc(CNCC(O)c5ccc(O)c6[nH]c(=O)ccc56)cc4)CC3)cc2)c1)OC1CN2CCC1CC2. The third-order valence-electron chi connectivity index (χ3n) is 13.5. The summed E-state index contributed by atoms with van der Waals surface area (Å²) < 4.78 is 17.9. The number of fused-ring (bicyclic) bond motifs is 4. The lowest BCUT2D eigenvalue weighted by Gasteiger charge is -2.43. The molecule has 4 aliphatic rings. The number of aromatic hydroxyl groups is 1. The maximum atomic E-state index is 13.3. The lowest BCUT2D eigenvalue weighted by atomic mass is 9.86. The molecule has 0 aliphatic carbocycles. The van der Waals surface area contributed by atoms with Crippen molar-refractivity contribution in [1.29, 1.82) is 0 Å². The second-order valence-electron chi connectivity index (χ2n) is 18.1. The van der Waals surface area contributed by atoms with Gasteiger partial charge in [0, 0.05) is 70.4 Å². The minimum Gasteiger partial charge on any atom is -0.506 e. The Hall–Kier alpha value is -6.55. The molecule has 4 fully saturated rings. The Morgan fingerprint density at radius 2 is 1.49 bits per heavy atom. The zero-order chi connectivity index (χ0) is 46.8. The number of aromatic nitrogens is 1. The molecule has 1 amide bonds. The minimum atomic E-state index is -0.819. The van der Waals surface area contributed by atoms with Gasteiger partial charge in [0.25, 0.3) is 0 Å². The number of pyridine rings is 1. The molecule has 6 aromatic rings. The molecule has 2 unspecified atom stereocenters. The fraction of sp³-hybridized carbons (Fsp3) is 0.352. The van der Waals surface area contributed by atoms with Crippen LogP contribution in [0, 0.1) is 5.92 Å². The van der Waals surface area contributed by atoms with Gasteiger partial charge in [-0.15, -0.1) is 0 Å². The number of alkyl carbamates (subject to hydrolysis) is 1. The summed E-state index contributed by atoms with van der Waals surface area (Å²) in [5.74, 6) is 0.702. The van der Waals surface area contributed by atoms with Gasteiger partial charge in [0.05, 0.1) is 23.2 Å².